The van der Waals surface area contributed by atoms with Gasteiger partial charge in [0.25, 0.3) is 0 Å². The van der Waals surface area contributed by atoms with E-state index in [4.69, 9.17) is 0 Å². The monoisotopic (exact) mass is 186 g/mol. The molecule has 1 heterocycles. The Balaban J connectivity index is 0.000000490. The van der Waals surface area contributed by atoms with E-state index in [2.05, 4.69) is 18.7 Å². The van der Waals surface area contributed by atoms with Gasteiger partial charge >= 0.3 is 0 Å². The zero-order chi connectivity index (χ0) is 5.11. The molecule has 0 bridgehead atoms. The molecular formula is C6H11NY-2. The molecule has 1 aliphatic rings. The summed E-state index contributed by atoms with van der Waals surface area (Å²) in [6.07, 6.45) is 4.73. The summed E-state index contributed by atoms with van der Waals surface area (Å²) in [5.74, 6) is 0. The molecule has 1 atom stereocenters. The van der Waals surface area contributed by atoms with E-state index in [9.17, 15) is 0 Å². The molecule has 0 aromatic heterocycles. The summed E-state index contributed by atoms with van der Waals surface area (Å²) >= 11 is 0. The molecular weight excluding hydrogens is 175 g/mol. The van der Waals surface area contributed by atoms with E-state index >= 15 is 0 Å². The van der Waals surface area contributed by atoms with E-state index in [0.717, 1.165) is 6.54 Å². The minimum atomic E-state index is 0. The van der Waals surface area contributed by atoms with Crippen LogP contribution in [0.2, 0.25) is 0 Å². The van der Waals surface area contributed by atoms with Crippen LogP contribution in [0.25, 0.3) is 0 Å². The van der Waals surface area contributed by atoms with Gasteiger partial charge in [0.05, 0.1) is 0 Å². The molecule has 1 N–H and O–H groups in total. The average Bonchev–Trinajstić information content (AvgIpc) is 1.69. The summed E-state index contributed by atoms with van der Waals surface area (Å²) in [6, 6.07) is 0.411. The molecule has 1 saturated heterocycles. The van der Waals surface area contributed by atoms with Gasteiger partial charge in [-0.3, -0.25) is 0 Å². The fraction of sp³-hybridized carbons (Fsp3) is 0.667. The molecule has 8 heavy (non-hydrogen) atoms. The first-order valence-electron chi connectivity index (χ1n) is 2.79. The van der Waals surface area contributed by atoms with Gasteiger partial charge in [-0.25, -0.2) is 6.04 Å². The number of rotatable bonds is 0. The van der Waals surface area contributed by atoms with Crippen LogP contribution < -0.4 is 5.32 Å². The van der Waals surface area contributed by atoms with Crippen LogP contribution in [0.3, 0.4) is 0 Å². The van der Waals surface area contributed by atoms with Crippen molar-refractivity contribution in [2.75, 3.05) is 6.54 Å². The van der Waals surface area contributed by atoms with Crippen LogP contribution in [-0.4, -0.2) is 12.6 Å². The Kier molecular flexibility index (Phi) is 5.55. The van der Waals surface area contributed by atoms with Gasteiger partial charge in [0.2, 0.25) is 0 Å². The smallest absolute Gasteiger partial charge is 0 e. The maximum absolute atomic E-state index is 3.83. The maximum atomic E-state index is 3.83. The zero-order valence-corrected chi connectivity index (χ0v) is 7.90. The normalized spacial score (nSPS) is 28.9. The summed E-state index contributed by atoms with van der Waals surface area (Å²) < 4.78 is 0. The minimum absolute atomic E-state index is 0. The van der Waals surface area contributed by atoms with E-state index in [-0.39, 0.29) is 32.7 Å². The third-order valence-corrected chi connectivity index (χ3v) is 1.24. The molecule has 1 rings (SSSR count). The Labute approximate surface area is 76.5 Å². The SMILES string of the molecule is [CH2-]C1[CH-]CCCN1.[Y]. The van der Waals surface area contributed by atoms with Crippen LogP contribution in [0.15, 0.2) is 0 Å². The van der Waals surface area contributed by atoms with Crippen molar-refractivity contribution < 1.29 is 32.7 Å². The second kappa shape index (κ2) is 4.90. The van der Waals surface area contributed by atoms with Gasteiger partial charge in [0.1, 0.15) is 0 Å². The number of hydrogen-bond acceptors (Lipinski definition) is 1. The van der Waals surface area contributed by atoms with Crippen LogP contribution in [0.1, 0.15) is 12.8 Å². The van der Waals surface area contributed by atoms with Crippen molar-refractivity contribution in [1.29, 1.82) is 0 Å². The van der Waals surface area contributed by atoms with Gasteiger partial charge in [-0.05, 0) is 6.54 Å². The van der Waals surface area contributed by atoms with Crippen LogP contribution in [0.5, 0.6) is 0 Å². The Morgan fingerprint density at radius 3 is 2.62 bits per heavy atom. The first kappa shape index (κ1) is 9.06. The van der Waals surface area contributed by atoms with Crippen LogP contribution >= 0.6 is 0 Å². The van der Waals surface area contributed by atoms with Gasteiger partial charge < -0.3 is 18.7 Å². The molecule has 0 spiro atoms. The van der Waals surface area contributed by atoms with E-state index in [1.54, 1.807) is 0 Å². The molecule has 1 aliphatic heterocycles. The molecule has 0 saturated carbocycles. The Morgan fingerprint density at radius 1 is 1.62 bits per heavy atom. The van der Waals surface area contributed by atoms with Gasteiger partial charge in [0, 0.05) is 32.7 Å². The van der Waals surface area contributed by atoms with E-state index in [1.807, 2.05) is 0 Å². The molecule has 1 fully saturated rings. The minimum Gasteiger partial charge on any atom is -0.372 e. The summed E-state index contributed by atoms with van der Waals surface area (Å²) in [6.45, 7) is 4.97. The first-order chi connectivity index (χ1) is 3.39. The van der Waals surface area contributed by atoms with Crippen molar-refractivity contribution in [2.45, 2.75) is 18.9 Å². The third kappa shape index (κ3) is 3.16. The molecule has 0 aliphatic carbocycles. The first-order valence-corrected chi connectivity index (χ1v) is 2.79. The van der Waals surface area contributed by atoms with Gasteiger partial charge in [-0.15, -0.1) is 0 Å². The molecule has 0 aromatic rings. The topological polar surface area (TPSA) is 12.0 Å². The summed E-state index contributed by atoms with van der Waals surface area (Å²) in [5, 5.41) is 3.22. The van der Waals surface area contributed by atoms with Gasteiger partial charge in [0.15, 0.2) is 0 Å². The summed E-state index contributed by atoms with van der Waals surface area (Å²) in [7, 11) is 0. The van der Waals surface area contributed by atoms with Crippen molar-refractivity contribution in [2.24, 2.45) is 0 Å². The molecule has 0 aromatic carbocycles. The van der Waals surface area contributed by atoms with Crippen molar-refractivity contribution in [3.8, 4) is 0 Å². The second-order valence-electron chi connectivity index (χ2n) is 1.94. The van der Waals surface area contributed by atoms with E-state index in [0.29, 0.717) is 6.04 Å². The number of nitrogens with one attached hydrogen (secondary N) is 1. The second-order valence-corrected chi connectivity index (χ2v) is 1.94. The maximum Gasteiger partial charge on any atom is 0 e. The molecule has 2 heteroatoms. The van der Waals surface area contributed by atoms with E-state index < -0.39 is 0 Å². The van der Waals surface area contributed by atoms with Gasteiger partial charge in [-0.1, -0.05) is 6.42 Å². The van der Waals surface area contributed by atoms with Crippen LogP contribution in [0.4, 0.5) is 0 Å². The van der Waals surface area contributed by atoms with Crippen LogP contribution in [-0.2, 0) is 32.7 Å². The molecule has 0 amide bonds. The fourth-order valence-electron chi connectivity index (χ4n) is 0.792. The average molecular weight is 186 g/mol. The predicted molar refractivity (Wildman–Crippen MR) is 30.7 cm³/mol. The van der Waals surface area contributed by atoms with Gasteiger partial charge in [-0.2, -0.15) is 6.42 Å². The van der Waals surface area contributed by atoms with Crippen LogP contribution in [0, 0.1) is 13.3 Å². The zero-order valence-electron chi connectivity index (χ0n) is 5.06. The van der Waals surface area contributed by atoms with E-state index in [1.165, 1.54) is 12.8 Å². The summed E-state index contributed by atoms with van der Waals surface area (Å²) in [4.78, 5) is 0. The Morgan fingerprint density at radius 2 is 2.38 bits per heavy atom. The van der Waals surface area contributed by atoms with Crippen molar-refractivity contribution in [3.05, 3.63) is 13.3 Å². The van der Waals surface area contributed by atoms with Crippen molar-refractivity contribution >= 4 is 0 Å². The summed E-state index contributed by atoms with van der Waals surface area (Å²) in [5.41, 5.74) is 0. The number of hydrogen-bond donors (Lipinski definition) is 1. The molecule has 1 unspecified atom stereocenters. The van der Waals surface area contributed by atoms with Crippen molar-refractivity contribution in [1.82, 2.24) is 5.32 Å². The standard InChI is InChI=1S/C6H11N.Y/c1-6-4-2-3-5-7-6;/h4,6-7H,1-3,5H2;/q-2;. The number of piperidine rings is 1. The largest absolute Gasteiger partial charge is 0.372 e. The van der Waals surface area contributed by atoms with Crippen molar-refractivity contribution in [3.63, 3.8) is 0 Å². The quantitative estimate of drug-likeness (QED) is 0.551. The molecule has 45 valence electrons. The fourth-order valence-corrected chi connectivity index (χ4v) is 0.792. The molecule has 1 nitrogen and oxygen atoms in total. The third-order valence-electron chi connectivity index (χ3n) is 1.24. The molecule has 1 radical (unpaired) electrons. The Bertz CT molecular complexity index is 50.5. The Hall–Kier alpha value is 1.06. The predicted octanol–water partition coefficient (Wildman–Crippen LogP) is 0.774.